The van der Waals surface area contributed by atoms with Crippen LogP contribution >= 0.6 is 0 Å². The fourth-order valence-corrected chi connectivity index (χ4v) is 1.29. The average molecular weight is 203 g/mol. The Labute approximate surface area is 87.7 Å². The Morgan fingerprint density at radius 1 is 1.14 bits per heavy atom. The SMILES string of the molecule is CCCCN(CCO)CCC(C)(C)O. The summed E-state index contributed by atoms with van der Waals surface area (Å²) in [6, 6.07) is 0. The first-order chi connectivity index (χ1) is 6.49. The lowest BCUT2D eigenvalue weighted by atomic mass is 10.1. The van der Waals surface area contributed by atoms with E-state index >= 15 is 0 Å². The van der Waals surface area contributed by atoms with Gasteiger partial charge in [-0.05, 0) is 33.2 Å². The lowest BCUT2D eigenvalue weighted by molar-refractivity contribution is 0.0547. The van der Waals surface area contributed by atoms with Gasteiger partial charge < -0.3 is 15.1 Å². The highest BCUT2D eigenvalue weighted by atomic mass is 16.3. The Balaban J connectivity index is 3.72. The third-order valence-electron chi connectivity index (χ3n) is 2.28. The molecule has 0 radical (unpaired) electrons. The minimum absolute atomic E-state index is 0.204. The highest BCUT2D eigenvalue weighted by Gasteiger charge is 2.14. The van der Waals surface area contributed by atoms with Crippen LogP contribution in [-0.2, 0) is 0 Å². The first kappa shape index (κ1) is 13.9. The molecule has 0 fully saturated rings. The van der Waals surface area contributed by atoms with E-state index in [4.69, 9.17) is 5.11 Å². The fraction of sp³-hybridized carbons (Fsp3) is 1.00. The molecule has 0 heterocycles. The molecule has 0 aliphatic heterocycles. The zero-order valence-corrected chi connectivity index (χ0v) is 9.79. The highest BCUT2D eigenvalue weighted by Crippen LogP contribution is 2.08. The predicted octanol–water partition coefficient (Wildman–Crippen LogP) is 1.24. The molecule has 0 aliphatic rings. The molecule has 0 rings (SSSR count). The zero-order valence-electron chi connectivity index (χ0n) is 9.79. The number of aliphatic hydroxyl groups is 2. The summed E-state index contributed by atoms with van der Waals surface area (Å²) in [7, 11) is 0. The molecule has 14 heavy (non-hydrogen) atoms. The van der Waals surface area contributed by atoms with Crippen molar-refractivity contribution >= 4 is 0 Å². The topological polar surface area (TPSA) is 43.7 Å². The van der Waals surface area contributed by atoms with Crippen molar-refractivity contribution in [1.29, 1.82) is 0 Å². The van der Waals surface area contributed by atoms with Gasteiger partial charge in [0, 0.05) is 13.1 Å². The van der Waals surface area contributed by atoms with Gasteiger partial charge in [0.1, 0.15) is 0 Å². The summed E-state index contributed by atoms with van der Waals surface area (Å²) in [5, 5.41) is 18.4. The summed E-state index contributed by atoms with van der Waals surface area (Å²) in [4.78, 5) is 2.21. The van der Waals surface area contributed by atoms with Crippen molar-refractivity contribution in [3.05, 3.63) is 0 Å². The quantitative estimate of drug-likeness (QED) is 0.624. The Morgan fingerprint density at radius 3 is 2.21 bits per heavy atom. The summed E-state index contributed by atoms with van der Waals surface area (Å²) in [6.07, 6.45) is 3.09. The van der Waals surface area contributed by atoms with Crippen LogP contribution in [0.1, 0.15) is 40.0 Å². The van der Waals surface area contributed by atoms with Gasteiger partial charge in [0.25, 0.3) is 0 Å². The van der Waals surface area contributed by atoms with Gasteiger partial charge in [-0.3, -0.25) is 0 Å². The number of rotatable bonds is 8. The van der Waals surface area contributed by atoms with Crippen LogP contribution in [0.25, 0.3) is 0 Å². The molecule has 0 aromatic carbocycles. The Hall–Kier alpha value is -0.120. The second kappa shape index (κ2) is 7.21. The number of hydrogen-bond donors (Lipinski definition) is 2. The van der Waals surface area contributed by atoms with Crippen molar-refractivity contribution in [2.75, 3.05) is 26.2 Å². The maximum atomic E-state index is 9.57. The normalized spacial score (nSPS) is 12.4. The molecular weight excluding hydrogens is 178 g/mol. The molecule has 3 heteroatoms. The van der Waals surface area contributed by atoms with E-state index in [1.54, 1.807) is 0 Å². The van der Waals surface area contributed by atoms with Crippen molar-refractivity contribution in [3.8, 4) is 0 Å². The van der Waals surface area contributed by atoms with E-state index in [-0.39, 0.29) is 6.61 Å². The molecule has 0 spiro atoms. The molecule has 0 amide bonds. The number of unbranched alkanes of at least 4 members (excludes halogenated alkanes) is 1. The van der Waals surface area contributed by atoms with Gasteiger partial charge in [0.2, 0.25) is 0 Å². The Morgan fingerprint density at radius 2 is 1.79 bits per heavy atom. The molecule has 3 nitrogen and oxygen atoms in total. The molecule has 0 saturated heterocycles. The summed E-state index contributed by atoms with van der Waals surface area (Å²) >= 11 is 0. The van der Waals surface area contributed by atoms with Gasteiger partial charge in [0.15, 0.2) is 0 Å². The monoisotopic (exact) mass is 203 g/mol. The lowest BCUT2D eigenvalue weighted by Gasteiger charge is -2.25. The van der Waals surface area contributed by atoms with E-state index in [2.05, 4.69) is 11.8 Å². The van der Waals surface area contributed by atoms with E-state index < -0.39 is 5.60 Å². The lowest BCUT2D eigenvalue weighted by Crippen LogP contribution is -2.33. The summed E-state index contributed by atoms with van der Waals surface area (Å²) in [5.41, 5.74) is -0.597. The van der Waals surface area contributed by atoms with Crippen LogP contribution in [-0.4, -0.2) is 47.0 Å². The largest absolute Gasteiger partial charge is 0.395 e. The van der Waals surface area contributed by atoms with Crippen molar-refractivity contribution < 1.29 is 10.2 Å². The molecule has 0 atom stereocenters. The van der Waals surface area contributed by atoms with Gasteiger partial charge in [-0.15, -0.1) is 0 Å². The Bertz CT molecular complexity index is 132. The minimum Gasteiger partial charge on any atom is -0.395 e. The number of nitrogens with zero attached hydrogens (tertiary/aromatic N) is 1. The van der Waals surface area contributed by atoms with E-state index in [1.165, 1.54) is 6.42 Å². The molecule has 0 saturated carbocycles. The Kier molecular flexibility index (Phi) is 7.15. The minimum atomic E-state index is -0.597. The first-order valence-electron chi connectivity index (χ1n) is 5.55. The smallest absolute Gasteiger partial charge is 0.0603 e. The maximum absolute atomic E-state index is 9.57. The number of hydrogen-bond acceptors (Lipinski definition) is 3. The van der Waals surface area contributed by atoms with Crippen LogP contribution in [0.2, 0.25) is 0 Å². The molecule has 0 aliphatic carbocycles. The van der Waals surface area contributed by atoms with Crippen LogP contribution in [0.5, 0.6) is 0 Å². The van der Waals surface area contributed by atoms with Gasteiger partial charge in [-0.25, -0.2) is 0 Å². The van der Waals surface area contributed by atoms with Crippen LogP contribution < -0.4 is 0 Å². The first-order valence-corrected chi connectivity index (χ1v) is 5.55. The van der Waals surface area contributed by atoms with Crippen molar-refractivity contribution in [1.82, 2.24) is 4.90 Å². The molecule has 0 unspecified atom stereocenters. The van der Waals surface area contributed by atoms with Crippen LogP contribution in [0.15, 0.2) is 0 Å². The fourth-order valence-electron chi connectivity index (χ4n) is 1.29. The molecule has 0 bridgehead atoms. The molecular formula is C11H25NO2. The van der Waals surface area contributed by atoms with Crippen LogP contribution in [0.3, 0.4) is 0 Å². The molecule has 86 valence electrons. The summed E-state index contributed by atoms with van der Waals surface area (Å²) in [5.74, 6) is 0. The van der Waals surface area contributed by atoms with Gasteiger partial charge in [0.05, 0.1) is 12.2 Å². The highest BCUT2D eigenvalue weighted by molar-refractivity contribution is 4.68. The molecule has 0 aromatic heterocycles. The van der Waals surface area contributed by atoms with Crippen LogP contribution in [0.4, 0.5) is 0 Å². The average Bonchev–Trinajstić information content (AvgIpc) is 2.08. The molecule has 0 aromatic rings. The van der Waals surface area contributed by atoms with Crippen molar-refractivity contribution in [2.45, 2.75) is 45.6 Å². The second-order valence-electron chi connectivity index (χ2n) is 4.48. The molecule has 2 N–H and O–H groups in total. The maximum Gasteiger partial charge on any atom is 0.0603 e. The number of aliphatic hydroxyl groups excluding tert-OH is 1. The van der Waals surface area contributed by atoms with Gasteiger partial charge >= 0.3 is 0 Å². The summed E-state index contributed by atoms with van der Waals surface area (Å²) in [6.45, 7) is 8.61. The van der Waals surface area contributed by atoms with E-state index in [0.29, 0.717) is 0 Å². The van der Waals surface area contributed by atoms with E-state index in [1.807, 2.05) is 13.8 Å². The van der Waals surface area contributed by atoms with Crippen molar-refractivity contribution in [3.63, 3.8) is 0 Å². The van der Waals surface area contributed by atoms with Crippen molar-refractivity contribution in [2.24, 2.45) is 0 Å². The van der Waals surface area contributed by atoms with Gasteiger partial charge in [-0.2, -0.15) is 0 Å². The zero-order chi connectivity index (χ0) is 11.0. The predicted molar refractivity (Wildman–Crippen MR) is 59.3 cm³/mol. The standard InChI is InChI=1S/C11H25NO2/c1-4-5-7-12(9-10-13)8-6-11(2,3)14/h13-14H,4-10H2,1-3H3. The summed E-state index contributed by atoms with van der Waals surface area (Å²) < 4.78 is 0. The third-order valence-corrected chi connectivity index (χ3v) is 2.28. The van der Waals surface area contributed by atoms with E-state index in [0.717, 1.165) is 32.5 Å². The van der Waals surface area contributed by atoms with Gasteiger partial charge in [-0.1, -0.05) is 13.3 Å². The van der Waals surface area contributed by atoms with Crippen LogP contribution in [0, 0.1) is 0 Å². The second-order valence-corrected chi connectivity index (χ2v) is 4.48. The van der Waals surface area contributed by atoms with E-state index in [9.17, 15) is 5.11 Å². The third kappa shape index (κ3) is 8.48.